The Balaban J connectivity index is 2.46. The average molecular weight is 199 g/mol. The van der Waals surface area contributed by atoms with Crippen LogP contribution in [0, 0.1) is 0 Å². The molecule has 3 nitrogen and oxygen atoms in total. The molecule has 4 heteroatoms. The topological polar surface area (TPSA) is 52.2 Å². The van der Waals surface area contributed by atoms with Gasteiger partial charge >= 0.3 is 0 Å². The molecule has 1 aliphatic rings. The lowest BCUT2D eigenvalue weighted by Crippen LogP contribution is -2.27. The van der Waals surface area contributed by atoms with Gasteiger partial charge in [-0.1, -0.05) is 6.58 Å². The van der Waals surface area contributed by atoms with Gasteiger partial charge < -0.3 is 10.2 Å². The van der Waals surface area contributed by atoms with E-state index in [1.807, 2.05) is 6.92 Å². The summed E-state index contributed by atoms with van der Waals surface area (Å²) in [6, 6.07) is 0. The molecule has 1 heterocycles. The van der Waals surface area contributed by atoms with E-state index in [4.69, 9.17) is 0 Å². The largest absolute Gasteiger partial charge is 0.630 e. The molecular formula is C9H14NO2P. The van der Waals surface area contributed by atoms with Crippen LogP contribution in [-0.2, 0) is 4.79 Å². The van der Waals surface area contributed by atoms with Crippen LogP contribution in [0.5, 0.6) is 0 Å². The van der Waals surface area contributed by atoms with Gasteiger partial charge in [0.1, 0.15) is 11.0 Å². The van der Waals surface area contributed by atoms with Crippen molar-refractivity contribution in [1.82, 2.24) is 5.32 Å². The number of carbonyl (C=O) groups is 1. The van der Waals surface area contributed by atoms with Gasteiger partial charge in [0.15, 0.2) is 0 Å². The van der Waals surface area contributed by atoms with Crippen molar-refractivity contribution in [3.05, 3.63) is 12.7 Å². The highest BCUT2D eigenvalue weighted by molar-refractivity contribution is 7.53. The maximum Gasteiger partial charge on any atom is 0.243 e. The van der Waals surface area contributed by atoms with Crippen molar-refractivity contribution in [3.8, 4) is 0 Å². The lowest BCUT2D eigenvalue weighted by molar-refractivity contribution is -0.154. The van der Waals surface area contributed by atoms with E-state index in [2.05, 4.69) is 11.9 Å². The normalized spacial score (nSPS) is 24.6. The smallest absolute Gasteiger partial charge is 0.243 e. The molecule has 1 aliphatic heterocycles. The Hall–Kier alpha value is -0.660. The third-order valence-electron chi connectivity index (χ3n) is 2.21. The molecule has 13 heavy (non-hydrogen) atoms. The standard InChI is InChI=1S/C9H14NO2P/c1-3-9(11)10-6-8-5-4-7(2)13(8)12/h3,7H,1,4-6H2,2H3,(H,10,11). The number of amides is 1. The van der Waals surface area contributed by atoms with Crippen molar-refractivity contribution in [2.24, 2.45) is 0 Å². The van der Waals surface area contributed by atoms with Crippen LogP contribution in [0.1, 0.15) is 19.8 Å². The maximum atomic E-state index is 11.5. The third kappa shape index (κ3) is 2.64. The van der Waals surface area contributed by atoms with Gasteiger partial charge in [0.2, 0.25) is 5.91 Å². The summed E-state index contributed by atoms with van der Waals surface area (Å²) in [7, 11) is -1.21. The molecule has 0 bridgehead atoms. The Labute approximate surface area is 79.3 Å². The SMILES string of the molecule is C=CC(=O)NCC1=[P+]([O-])C(C)CC1. The van der Waals surface area contributed by atoms with E-state index in [1.165, 1.54) is 6.08 Å². The Bertz CT molecular complexity index is 260. The van der Waals surface area contributed by atoms with Crippen molar-refractivity contribution in [3.63, 3.8) is 0 Å². The summed E-state index contributed by atoms with van der Waals surface area (Å²) in [6.45, 7) is 5.78. The fourth-order valence-electron chi connectivity index (χ4n) is 1.34. The Morgan fingerprint density at radius 3 is 3.08 bits per heavy atom. The molecule has 1 rings (SSSR count). The Morgan fingerprint density at radius 1 is 1.92 bits per heavy atom. The monoisotopic (exact) mass is 199 g/mol. The van der Waals surface area contributed by atoms with Crippen LogP contribution in [0.15, 0.2) is 12.7 Å². The molecule has 2 atom stereocenters. The van der Waals surface area contributed by atoms with E-state index in [0.29, 0.717) is 6.54 Å². The molecule has 1 amide bonds. The molecule has 0 saturated carbocycles. The molecule has 2 unspecified atom stereocenters. The minimum atomic E-state index is -1.21. The van der Waals surface area contributed by atoms with E-state index in [9.17, 15) is 9.69 Å². The van der Waals surface area contributed by atoms with Gasteiger partial charge in [-0.05, 0) is 19.4 Å². The average Bonchev–Trinajstić information content (AvgIpc) is 2.44. The number of nitrogens with one attached hydrogen (secondary N) is 1. The summed E-state index contributed by atoms with van der Waals surface area (Å²) in [4.78, 5) is 22.4. The van der Waals surface area contributed by atoms with Crippen molar-refractivity contribution in [1.29, 1.82) is 0 Å². The van der Waals surface area contributed by atoms with Crippen molar-refractivity contribution in [2.75, 3.05) is 6.54 Å². The van der Waals surface area contributed by atoms with Crippen molar-refractivity contribution >= 4 is 19.0 Å². The van der Waals surface area contributed by atoms with Gasteiger partial charge in [0, 0.05) is 6.42 Å². The first-order chi connectivity index (χ1) is 6.15. The molecule has 0 spiro atoms. The molecule has 72 valence electrons. The van der Waals surface area contributed by atoms with E-state index in [1.54, 1.807) is 0 Å². The first-order valence-corrected chi connectivity index (χ1v) is 5.69. The highest BCUT2D eigenvalue weighted by Gasteiger charge is 2.25. The van der Waals surface area contributed by atoms with Gasteiger partial charge in [-0.25, -0.2) is 0 Å². The van der Waals surface area contributed by atoms with Crippen LogP contribution in [0.3, 0.4) is 0 Å². The Morgan fingerprint density at radius 2 is 2.62 bits per heavy atom. The number of hydrogen-bond donors (Lipinski definition) is 1. The molecule has 0 radical (unpaired) electrons. The molecule has 1 N–H and O–H groups in total. The first-order valence-electron chi connectivity index (χ1n) is 4.36. The first kappa shape index (κ1) is 10.4. The fourth-order valence-corrected chi connectivity index (χ4v) is 2.91. The van der Waals surface area contributed by atoms with Crippen LogP contribution in [0.4, 0.5) is 0 Å². The van der Waals surface area contributed by atoms with Crippen LogP contribution < -0.4 is 10.2 Å². The van der Waals surface area contributed by atoms with E-state index in [-0.39, 0.29) is 11.6 Å². The lowest BCUT2D eigenvalue weighted by Gasteiger charge is -2.02. The van der Waals surface area contributed by atoms with E-state index in [0.717, 1.165) is 18.1 Å². The van der Waals surface area contributed by atoms with Gasteiger partial charge in [0.05, 0.1) is 14.3 Å². The van der Waals surface area contributed by atoms with Gasteiger partial charge in [-0.15, -0.1) is 0 Å². The predicted molar refractivity (Wildman–Crippen MR) is 53.8 cm³/mol. The van der Waals surface area contributed by atoms with Crippen LogP contribution in [0.25, 0.3) is 0 Å². The quantitative estimate of drug-likeness (QED) is 0.528. The highest BCUT2D eigenvalue weighted by atomic mass is 31.1. The molecule has 0 saturated heterocycles. The maximum absolute atomic E-state index is 11.5. The molecule has 0 aliphatic carbocycles. The Kier molecular flexibility index (Phi) is 3.64. The van der Waals surface area contributed by atoms with Gasteiger partial charge in [0.25, 0.3) is 0 Å². The summed E-state index contributed by atoms with van der Waals surface area (Å²) < 4.78 is 0. The minimum Gasteiger partial charge on any atom is -0.630 e. The third-order valence-corrected chi connectivity index (χ3v) is 4.28. The summed E-state index contributed by atoms with van der Waals surface area (Å²) >= 11 is 0. The van der Waals surface area contributed by atoms with Crippen LogP contribution in [0.2, 0.25) is 0 Å². The van der Waals surface area contributed by atoms with Crippen molar-refractivity contribution < 1.29 is 9.69 Å². The van der Waals surface area contributed by atoms with Gasteiger partial charge in [-0.3, -0.25) is 4.79 Å². The van der Waals surface area contributed by atoms with E-state index < -0.39 is 7.77 Å². The van der Waals surface area contributed by atoms with Gasteiger partial charge in [-0.2, -0.15) is 0 Å². The molecule has 0 aromatic rings. The molecular weight excluding hydrogens is 185 g/mol. The van der Waals surface area contributed by atoms with Crippen LogP contribution in [-0.4, -0.2) is 23.4 Å². The predicted octanol–water partition coefficient (Wildman–Crippen LogP) is 0.400. The zero-order valence-corrected chi connectivity index (χ0v) is 8.64. The number of hydrogen-bond acceptors (Lipinski definition) is 2. The van der Waals surface area contributed by atoms with Crippen LogP contribution >= 0.6 is 7.77 Å². The summed E-state index contributed by atoms with van der Waals surface area (Å²) in [6.07, 6.45) is 3.09. The minimum absolute atomic E-state index is 0.199. The lowest BCUT2D eigenvalue weighted by atomic mass is 10.2. The molecule has 0 aromatic heterocycles. The fraction of sp³-hybridized carbons (Fsp3) is 0.556. The molecule has 0 aromatic carbocycles. The highest BCUT2D eigenvalue weighted by Crippen LogP contribution is 2.33. The second-order valence-corrected chi connectivity index (χ2v) is 5.37. The number of rotatable bonds is 3. The second-order valence-electron chi connectivity index (χ2n) is 3.20. The zero-order chi connectivity index (χ0) is 9.84. The van der Waals surface area contributed by atoms with E-state index >= 15 is 0 Å². The summed E-state index contributed by atoms with van der Waals surface area (Å²) in [5.41, 5.74) is 0.283. The molecule has 0 fully saturated rings. The second kappa shape index (κ2) is 4.54. The summed E-state index contributed by atoms with van der Waals surface area (Å²) in [5, 5.41) is 3.63. The summed E-state index contributed by atoms with van der Waals surface area (Å²) in [5.74, 6) is -0.199. The zero-order valence-electron chi connectivity index (χ0n) is 7.75. The van der Waals surface area contributed by atoms with Crippen molar-refractivity contribution in [2.45, 2.75) is 25.4 Å². The number of carbonyl (C=O) groups excluding carboxylic acids is 1.